The van der Waals surface area contributed by atoms with Crippen molar-refractivity contribution in [2.24, 2.45) is 11.7 Å². The van der Waals surface area contributed by atoms with Gasteiger partial charge in [0.2, 0.25) is 10.0 Å². The van der Waals surface area contributed by atoms with Crippen LogP contribution >= 0.6 is 12.2 Å². The molecule has 0 heterocycles. The average Bonchev–Trinajstić information content (AvgIpc) is 2.27. The fourth-order valence-electron chi connectivity index (χ4n) is 1.81. The van der Waals surface area contributed by atoms with E-state index in [0.29, 0.717) is 18.0 Å². The van der Waals surface area contributed by atoms with Gasteiger partial charge in [-0.2, -0.15) is 0 Å². The molecule has 6 heteroatoms. The summed E-state index contributed by atoms with van der Waals surface area (Å²) in [5.41, 5.74) is 6.13. The number of benzene rings is 1. The molecule has 0 spiro atoms. The Balaban J connectivity index is 2.06. The molecule has 0 unspecified atom stereocenters. The van der Waals surface area contributed by atoms with Crippen LogP contribution in [0.15, 0.2) is 29.2 Å². The summed E-state index contributed by atoms with van der Waals surface area (Å²) in [6, 6.07) is 6.30. The van der Waals surface area contributed by atoms with Crippen molar-refractivity contribution in [3.05, 3.63) is 29.8 Å². The molecule has 18 heavy (non-hydrogen) atoms. The summed E-state index contributed by atoms with van der Waals surface area (Å²) in [5.74, 6) is 0.496. The predicted octanol–water partition coefficient (Wildman–Crippen LogP) is 1.40. The molecule has 0 atom stereocenters. The molecule has 98 valence electrons. The van der Waals surface area contributed by atoms with Gasteiger partial charge in [-0.15, -0.1) is 0 Å². The van der Waals surface area contributed by atoms with E-state index < -0.39 is 10.0 Å². The number of rotatable bonds is 5. The molecule has 0 aliphatic heterocycles. The number of nitrogens with one attached hydrogen (secondary N) is 1. The third kappa shape index (κ3) is 3.07. The second kappa shape index (κ2) is 5.34. The van der Waals surface area contributed by atoms with Gasteiger partial charge in [-0.25, -0.2) is 13.1 Å². The van der Waals surface area contributed by atoms with Crippen LogP contribution < -0.4 is 10.5 Å². The van der Waals surface area contributed by atoms with E-state index in [-0.39, 0.29) is 9.88 Å². The molecule has 1 aliphatic rings. The summed E-state index contributed by atoms with van der Waals surface area (Å²) in [6.45, 7) is 0.527. The maximum absolute atomic E-state index is 12.0. The fraction of sp³-hybridized carbons (Fsp3) is 0.417. The van der Waals surface area contributed by atoms with Crippen molar-refractivity contribution < 1.29 is 8.42 Å². The van der Waals surface area contributed by atoms with Crippen LogP contribution in [0.25, 0.3) is 0 Å². The zero-order valence-corrected chi connectivity index (χ0v) is 11.6. The Kier molecular flexibility index (Phi) is 3.99. The van der Waals surface area contributed by atoms with Gasteiger partial charge in [0.25, 0.3) is 0 Å². The Labute approximate surface area is 113 Å². The van der Waals surface area contributed by atoms with E-state index in [2.05, 4.69) is 4.72 Å². The van der Waals surface area contributed by atoms with E-state index in [1.54, 1.807) is 12.1 Å². The molecule has 1 saturated carbocycles. The average molecular weight is 284 g/mol. The lowest BCUT2D eigenvalue weighted by Gasteiger charge is -2.25. The molecule has 1 fully saturated rings. The SMILES string of the molecule is NC(=S)c1ccc(S(=O)(=O)NCC2CCC2)cc1. The highest BCUT2D eigenvalue weighted by atomic mass is 32.2. The van der Waals surface area contributed by atoms with Gasteiger partial charge in [0.1, 0.15) is 4.99 Å². The molecule has 1 aromatic carbocycles. The topological polar surface area (TPSA) is 72.2 Å². The lowest BCUT2D eigenvalue weighted by atomic mass is 9.86. The van der Waals surface area contributed by atoms with Gasteiger partial charge in [-0.1, -0.05) is 30.8 Å². The van der Waals surface area contributed by atoms with Crippen molar-refractivity contribution in [3.63, 3.8) is 0 Å². The molecule has 0 amide bonds. The third-order valence-corrected chi connectivity index (χ3v) is 4.91. The number of hydrogen-bond donors (Lipinski definition) is 2. The number of thiocarbonyl (C=S) groups is 1. The first-order valence-corrected chi connectivity index (χ1v) is 7.78. The Hall–Kier alpha value is -0.980. The normalized spacial score (nSPS) is 16.2. The van der Waals surface area contributed by atoms with Crippen LogP contribution in [-0.4, -0.2) is 20.0 Å². The summed E-state index contributed by atoms with van der Waals surface area (Å²) in [7, 11) is -3.41. The molecule has 0 radical (unpaired) electrons. The Morgan fingerprint density at radius 1 is 1.33 bits per heavy atom. The van der Waals surface area contributed by atoms with Crippen molar-refractivity contribution in [2.75, 3.05) is 6.54 Å². The summed E-state index contributed by atoms with van der Waals surface area (Å²) < 4.78 is 26.6. The first-order valence-electron chi connectivity index (χ1n) is 5.88. The zero-order chi connectivity index (χ0) is 13.2. The van der Waals surface area contributed by atoms with Crippen LogP contribution in [0, 0.1) is 5.92 Å². The summed E-state index contributed by atoms with van der Waals surface area (Å²) >= 11 is 4.82. The van der Waals surface area contributed by atoms with Crippen LogP contribution in [0.5, 0.6) is 0 Å². The molecule has 1 aliphatic carbocycles. The van der Waals surface area contributed by atoms with Crippen molar-refractivity contribution in [3.8, 4) is 0 Å². The van der Waals surface area contributed by atoms with Gasteiger partial charge in [0.15, 0.2) is 0 Å². The molecule has 0 saturated heterocycles. The van der Waals surface area contributed by atoms with Crippen molar-refractivity contribution >= 4 is 27.2 Å². The Bertz CT molecular complexity index is 534. The van der Waals surface area contributed by atoms with E-state index in [9.17, 15) is 8.42 Å². The summed E-state index contributed by atoms with van der Waals surface area (Å²) in [6.07, 6.45) is 3.43. The van der Waals surface area contributed by atoms with E-state index in [1.807, 2.05) is 0 Å². The Morgan fingerprint density at radius 3 is 2.39 bits per heavy atom. The molecular formula is C12H16N2O2S2. The molecule has 1 aromatic rings. The molecule has 2 rings (SSSR count). The monoisotopic (exact) mass is 284 g/mol. The smallest absolute Gasteiger partial charge is 0.240 e. The minimum atomic E-state index is -3.41. The van der Waals surface area contributed by atoms with Gasteiger partial charge < -0.3 is 5.73 Å². The van der Waals surface area contributed by atoms with Gasteiger partial charge in [0.05, 0.1) is 4.90 Å². The number of hydrogen-bond acceptors (Lipinski definition) is 3. The van der Waals surface area contributed by atoms with Gasteiger partial charge in [-0.05, 0) is 30.9 Å². The first-order chi connectivity index (χ1) is 8.49. The van der Waals surface area contributed by atoms with Crippen molar-refractivity contribution in [1.82, 2.24) is 4.72 Å². The maximum Gasteiger partial charge on any atom is 0.240 e. The quantitative estimate of drug-likeness (QED) is 0.802. The van der Waals surface area contributed by atoms with E-state index in [0.717, 1.165) is 12.8 Å². The molecular weight excluding hydrogens is 268 g/mol. The van der Waals surface area contributed by atoms with E-state index in [1.165, 1.54) is 18.6 Å². The largest absolute Gasteiger partial charge is 0.389 e. The Morgan fingerprint density at radius 2 is 1.94 bits per heavy atom. The second-order valence-electron chi connectivity index (χ2n) is 4.54. The second-order valence-corrected chi connectivity index (χ2v) is 6.74. The van der Waals surface area contributed by atoms with E-state index >= 15 is 0 Å². The van der Waals surface area contributed by atoms with E-state index in [4.69, 9.17) is 18.0 Å². The fourth-order valence-corrected chi connectivity index (χ4v) is 3.06. The van der Waals surface area contributed by atoms with Crippen LogP contribution in [0.2, 0.25) is 0 Å². The molecule has 3 N–H and O–H groups in total. The zero-order valence-electron chi connectivity index (χ0n) is 9.93. The molecule has 0 aromatic heterocycles. The molecule has 4 nitrogen and oxygen atoms in total. The highest BCUT2D eigenvalue weighted by Crippen LogP contribution is 2.25. The van der Waals surface area contributed by atoms with Crippen LogP contribution in [-0.2, 0) is 10.0 Å². The highest BCUT2D eigenvalue weighted by molar-refractivity contribution is 7.89. The van der Waals surface area contributed by atoms with Gasteiger partial charge >= 0.3 is 0 Å². The number of sulfonamides is 1. The van der Waals surface area contributed by atoms with Gasteiger partial charge in [-0.3, -0.25) is 0 Å². The standard InChI is InChI=1S/C12H16N2O2S2/c13-12(17)10-4-6-11(7-5-10)18(15,16)14-8-9-2-1-3-9/h4-7,9,14H,1-3,8H2,(H2,13,17). The summed E-state index contributed by atoms with van der Waals surface area (Å²) in [5, 5.41) is 0. The number of nitrogens with two attached hydrogens (primary N) is 1. The van der Waals surface area contributed by atoms with Crippen molar-refractivity contribution in [2.45, 2.75) is 24.2 Å². The summed E-state index contributed by atoms with van der Waals surface area (Å²) in [4.78, 5) is 0.517. The maximum atomic E-state index is 12.0. The lowest BCUT2D eigenvalue weighted by molar-refractivity contribution is 0.316. The van der Waals surface area contributed by atoms with Crippen LogP contribution in [0.4, 0.5) is 0 Å². The van der Waals surface area contributed by atoms with Gasteiger partial charge in [0, 0.05) is 12.1 Å². The van der Waals surface area contributed by atoms with Crippen LogP contribution in [0.1, 0.15) is 24.8 Å². The third-order valence-electron chi connectivity index (χ3n) is 3.24. The predicted molar refractivity (Wildman–Crippen MR) is 74.9 cm³/mol. The van der Waals surface area contributed by atoms with Crippen molar-refractivity contribution in [1.29, 1.82) is 0 Å². The minimum absolute atomic E-state index is 0.252. The molecule has 0 bridgehead atoms. The minimum Gasteiger partial charge on any atom is -0.389 e. The highest BCUT2D eigenvalue weighted by Gasteiger charge is 2.21. The first kappa shape index (κ1) is 13.5. The van der Waals surface area contributed by atoms with Crippen LogP contribution in [0.3, 0.4) is 0 Å². The lowest BCUT2D eigenvalue weighted by Crippen LogP contribution is -2.32.